The molecule has 27 heavy (non-hydrogen) atoms. The van der Waals surface area contributed by atoms with Crippen molar-refractivity contribution in [2.75, 3.05) is 10.2 Å². The summed E-state index contributed by atoms with van der Waals surface area (Å²) < 4.78 is 1.06. The number of para-hydroxylation sites is 2. The first-order valence-electron chi connectivity index (χ1n) is 8.82. The highest BCUT2D eigenvalue weighted by Crippen LogP contribution is 2.36. The monoisotopic (exact) mass is 414 g/mol. The minimum atomic E-state index is 1.06. The lowest BCUT2D eigenvalue weighted by Gasteiger charge is -2.25. The van der Waals surface area contributed by atoms with E-state index >= 15 is 0 Å². The number of nitrogens with zero attached hydrogens (tertiary/aromatic N) is 1. The van der Waals surface area contributed by atoms with E-state index in [-0.39, 0.29) is 0 Å². The van der Waals surface area contributed by atoms with Crippen LogP contribution in [0.15, 0.2) is 114 Å². The van der Waals surface area contributed by atoms with Crippen molar-refractivity contribution >= 4 is 44.4 Å². The Kier molecular flexibility index (Phi) is 5.22. The predicted octanol–water partition coefficient (Wildman–Crippen LogP) is 7.66. The highest BCUT2D eigenvalue weighted by molar-refractivity contribution is 9.10. The Labute approximate surface area is 168 Å². The summed E-state index contributed by atoms with van der Waals surface area (Å²) in [5, 5.41) is 3.43. The molecule has 4 aromatic rings. The van der Waals surface area contributed by atoms with Gasteiger partial charge in [-0.2, -0.15) is 0 Å². The molecule has 0 heterocycles. The molecular formula is C24H19BrN2. The summed E-state index contributed by atoms with van der Waals surface area (Å²) in [7, 11) is 0. The van der Waals surface area contributed by atoms with Gasteiger partial charge in [0.2, 0.25) is 0 Å². The van der Waals surface area contributed by atoms with Gasteiger partial charge in [-0.05, 0) is 66.7 Å². The van der Waals surface area contributed by atoms with Gasteiger partial charge in [0.25, 0.3) is 0 Å². The Hall–Kier alpha value is -3.04. The van der Waals surface area contributed by atoms with Crippen molar-refractivity contribution in [3.05, 3.63) is 114 Å². The average molecular weight is 415 g/mol. The molecule has 0 spiro atoms. The van der Waals surface area contributed by atoms with E-state index in [1.54, 1.807) is 0 Å². The van der Waals surface area contributed by atoms with E-state index in [4.69, 9.17) is 0 Å². The minimum Gasteiger partial charge on any atom is -0.356 e. The lowest BCUT2D eigenvalue weighted by molar-refractivity contribution is 1.28. The molecule has 0 aromatic heterocycles. The van der Waals surface area contributed by atoms with Gasteiger partial charge >= 0.3 is 0 Å². The molecule has 2 nitrogen and oxygen atoms in total. The van der Waals surface area contributed by atoms with Crippen LogP contribution in [0, 0.1) is 0 Å². The third kappa shape index (κ3) is 4.21. The van der Waals surface area contributed by atoms with Crippen molar-refractivity contribution in [3.63, 3.8) is 0 Å². The van der Waals surface area contributed by atoms with Crippen LogP contribution in [0.4, 0.5) is 28.4 Å². The molecule has 0 fully saturated rings. The summed E-state index contributed by atoms with van der Waals surface area (Å²) in [5.41, 5.74) is 5.49. The maximum atomic E-state index is 3.59. The van der Waals surface area contributed by atoms with E-state index in [2.05, 4.69) is 105 Å². The largest absolute Gasteiger partial charge is 0.356 e. The molecule has 0 radical (unpaired) electrons. The Balaban J connectivity index is 1.68. The van der Waals surface area contributed by atoms with Crippen molar-refractivity contribution in [2.45, 2.75) is 0 Å². The van der Waals surface area contributed by atoms with Crippen molar-refractivity contribution in [1.82, 2.24) is 0 Å². The van der Waals surface area contributed by atoms with Crippen LogP contribution in [-0.2, 0) is 0 Å². The quantitative estimate of drug-likeness (QED) is 0.360. The van der Waals surface area contributed by atoms with Crippen LogP contribution in [0.1, 0.15) is 0 Å². The predicted molar refractivity (Wildman–Crippen MR) is 119 cm³/mol. The standard InChI is InChI=1S/C24H19BrN2/c25-19-8-7-13-24(18-19)27(22-11-5-2-6-12-22)23-16-14-21(15-17-23)26-20-9-3-1-4-10-20/h1-18,26H. The highest BCUT2D eigenvalue weighted by atomic mass is 79.9. The number of nitrogens with one attached hydrogen (secondary N) is 1. The van der Waals surface area contributed by atoms with Crippen molar-refractivity contribution in [1.29, 1.82) is 0 Å². The van der Waals surface area contributed by atoms with Crippen molar-refractivity contribution in [2.24, 2.45) is 0 Å². The van der Waals surface area contributed by atoms with Gasteiger partial charge in [0.1, 0.15) is 0 Å². The summed E-state index contributed by atoms with van der Waals surface area (Å²) in [4.78, 5) is 2.25. The van der Waals surface area contributed by atoms with E-state index in [1.165, 1.54) is 0 Å². The normalized spacial score (nSPS) is 10.4. The van der Waals surface area contributed by atoms with Crippen LogP contribution in [0.3, 0.4) is 0 Å². The Morgan fingerprint density at radius 2 is 1.07 bits per heavy atom. The van der Waals surface area contributed by atoms with E-state index in [9.17, 15) is 0 Å². The van der Waals surface area contributed by atoms with E-state index in [0.29, 0.717) is 0 Å². The highest BCUT2D eigenvalue weighted by Gasteiger charge is 2.12. The molecule has 3 heteroatoms. The molecule has 0 bridgehead atoms. The van der Waals surface area contributed by atoms with Gasteiger partial charge in [-0.3, -0.25) is 0 Å². The Morgan fingerprint density at radius 1 is 0.519 bits per heavy atom. The topological polar surface area (TPSA) is 15.3 Å². The lowest BCUT2D eigenvalue weighted by Crippen LogP contribution is -2.09. The Bertz CT molecular complexity index is 999. The van der Waals surface area contributed by atoms with Crippen LogP contribution in [0.2, 0.25) is 0 Å². The summed E-state index contributed by atoms with van der Waals surface area (Å²) >= 11 is 3.59. The number of benzene rings is 4. The second kappa shape index (κ2) is 8.11. The summed E-state index contributed by atoms with van der Waals surface area (Å²) in [6.45, 7) is 0. The molecule has 0 unspecified atom stereocenters. The smallest absolute Gasteiger partial charge is 0.0472 e. The van der Waals surface area contributed by atoms with E-state index in [1.807, 2.05) is 30.3 Å². The van der Waals surface area contributed by atoms with Crippen molar-refractivity contribution < 1.29 is 0 Å². The van der Waals surface area contributed by atoms with Gasteiger partial charge in [0.05, 0.1) is 0 Å². The fourth-order valence-electron chi connectivity index (χ4n) is 3.02. The average Bonchev–Trinajstić information content (AvgIpc) is 2.71. The van der Waals surface area contributed by atoms with Crippen LogP contribution >= 0.6 is 15.9 Å². The zero-order chi connectivity index (χ0) is 18.5. The molecule has 0 amide bonds. The maximum absolute atomic E-state index is 3.59. The molecule has 1 N–H and O–H groups in total. The van der Waals surface area contributed by atoms with Gasteiger partial charge in [0, 0.05) is 32.9 Å². The molecule has 0 saturated heterocycles. The van der Waals surface area contributed by atoms with Crippen LogP contribution in [0.5, 0.6) is 0 Å². The zero-order valence-electron chi connectivity index (χ0n) is 14.7. The third-order valence-corrected chi connectivity index (χ3v) is 4.76. The van der Waals surface area contributed by atoms with E-state index < -0.39 is 0 Å². The minimum absolute atomic E-state index is 1.06. The first kappa shape index (κ1) is 17.4. The summed E-state index contributed by atoms with van der Waals surface area (Å²) in [6, 6.07) is 37.4. The van der Waals surface area contributed by atoms with Gasteiger partial charge in [0.15, 0.2) is 0 Å². The van der Waals surface area contributed by atoms with Gasteiger partial charge in [-0.1, -0.05) is 58.4 Å². The molecule has 132 valence electrons. The summed E-state index contributed by atoms with van der Waals surface area (Å²) in [6.07, 6.45) is 0. The fraction of sp³-hybridized carbons (Fsp3) is 0. The number of rotatable bonds is 5. The SMILES string of the molecule is Brc1cccc(N(c2ccccc2)c2ccc(Nc3ccccc3)cc2)c1. The van der Waals surface area contributed by atoms with Gasteiger partial charge < -0.3 is 10.2 Å². The second-order valence-corrected chi connectivity index (χ2v) is 7.10. The molecule has 4 aromatic carbocycles. The summed E-state index contributed by atoms with van der Waals surface area (Å²) in [5.74, 6) is 0. The van der Waals surface area contributed by atoms with Gasteiger partial charge in [-0.15, -0.1) is 0 Å². The lowest BCUT2D eigenvalue weighted by atomic mass is 10.2. The van der Waals surface area contributed by atoms with Crippen LogP contribution in [0.25, 0.3) is 0 Å². The third-order valence-electron chi connectivity index (χ3n) is 4.27. The molecule has 0 aliphatic heterocycles. The molecule has 4 rings (SSSR count). The molecule has 0 aliphatic rings. The van der Waals surface area contributed by atoms with Gasteiger partial charge in [-0.25, -0.2) is 0 Å². The molecule has 0 atom stereocenters. The zero-order valence-corrected chi connectivity index (χ0v) is 16.3. The number of hydrogen-bond acceptors (Lipinski definition) is 2. The first-order valence-corrected chi connectivity index (χ1v) is 9.62. The number of anilines is 5. The van der Waals surface area contributed by atoms with Crippen LogP contribution < -0.4 is 10.2 Å². The second-order valence-electron chi connectivity index (χ2n) is 6.19. The fourth-order valence-corrected chi connectivity index (χ4v) is 3.41. The van der Waals surface area contributed by atoms with E-state index in [0.717, 1.165) is 32.9 Å². The molecular weight excluding hydrogens is 396 g/mol. The molecule has 0 aliphatic carbocycles. The number of halogens is 1. The first-order chi connectivity index (χ1) is 13.3. The van der Waals surface area contributed by atoms with Crippen LogP contribution in [-0.4, -0.2) is 0 Å². The maximum Gasteiger partial charge on any atom is 0.0472 e. The number of hydrogen-bond donors (Lipinski definition) is 1. The van der Waals surface area contributed by atoms with Crippen molar-refractivity contribution in [3.8, 4) is 0 Å². The Morgan fingerprint density at radius 3 is 1.74 bits per heavy atom. The molecule has 0 saturated carbocycles.